The van der Waals surface area contributed by atoms with Gasteiger partial charge in [0.25, 0.3) is 0 Å². The molecule has 1 saturated heterocycles. The molecule has 0 radical (unpaired) electrons. The molecule has 1 aliphatic rings. The number of alkyl halides is 3. The first kappa shape index (κ1) is 22.4. The fraction of sp³-hybridized carbons (Fsp3) is 0.579. The van der Waals surface area contributed by atoms with Crippen molar-refractivity contribution in [3.63, 3.8) is 0 Å². The lowest BCUT2D eigenvalue weighted by Crippen LogP contribution is -2.49. The van der Waals surface area contributed by atoms with Crippen LogP contribution < -0.4 is 5.32 Å². The van der Waals surface area contributed by atoms with Crippen LogP contribution in [-0.4, -0.2) is 52.7 Å². The zero-order valence-electron chi connectivity index (χ0n) is 16.6. The Morgan fingerprint density at radius 2 is 1.79 bits per heavy atom. The topological polar surface area (TPSA) is 52.6 Å². The summed E-state index contributed by atoms with van der Waals surface area (Å²) < 4.78 is 38.4. The van der Waals surface area contributed by atoms with E-state index < -0.39 is 11.7 Å². The van der Waals surface area contributed by atoms with E-state index in [1.807, 2.05) is 20.8 Å². The number of halogens is 3. The van der Waals surface area contributed by atoms with E-state index in [0.717, 1.165) is 12.1 Å². The Labute approximate surface area is 167 Å². The predicted octanol–water partition coefficient (Wildman–Crippen LogP) is 4.11. The predicted molar refractivity (Wildman–Crippen MR) is 104 cm³/mol. The number of rotatable bonds is 4. The molecular weight excluding hydrogens is 391 g/mol. The van der Waals surface area contributed by atoms with Gasteiger partial charge in [0.2, 0.25) is 5.91 Å². The normalized spacial score (nSPS) is 20.4. The van der Waals surface area contributed by atoms with Gasteiger partial charge < -0.3 is 15.1 Å². The fourth-order valence-corrected chi connectivity index (χ4v) is 4.08. The van der Waals surface area contributed by atoms with Crippen LogP contribution in [-0.2, 0) is 11.0 Å². The Morgan fingerprint density at radius 3 is 2.29 bits per heavy atom. The first-order chi connectivity index (χ1) is 12.8. The Bertz CT molecular complexity index is 717. The summed E-state index contributed by atoms with van der Waals surface area (Å²) in [4.78, 5) is 27.8. The van der Waals surface area contributed by atoms with Gasteiger partial charge in [-0.15, -0.1) is 11.8 Å². The van der Waals surface area contributed by atoms with E-state index in [2.05, 4.69) is 5.32 Å². The first-order valence-electron chi connectivity index (χ1n) is 8.96. The fourth-order valence-electron chi connectivity index (χ4n) is 2.77. The molecule has 1 N–H and O–H groups in total. The van der Waals surface area contributed by atoms with Crippen LogP contribution in [0.5, 0.6) is 0 Å². The van der Waals surface area contributed by atoms with Crippen LogP contribution >= 0.6 is 11.8 Å². The number of likely N-dealkylation sites (N-methyl/N-ethyl adjacent to an activating group) is 1. The maximum atomic E-state index is 12.8. The van der Waals surface area contributed by atoms with Crippen LogP contribution in [0.4, 0.5) is 18.0 Å². The van der Waals surface area contributed by atoms with Crippen LogP contribution in [0.3, 0.4) is 0 Å². The van der Waals surface area contributed by atoms with Crippen LogP contribution in [0.2, 0.25) is 0 Å². The van der Waals surface area contributed by atoms with E-state index in [-0.39, 0.29) is 28.1 Å². The van der Waals surface area contributed by atoms with E-state index in [0.29, 0.717) is 18.7 Å². The van der Waals surface area contributed by atoms with Crippen molar-refractivity contribution in [1.29, 1.82) is 0 Å². The number of nitrogens with zero attached hydrogens (tertiary/aromatic N) is 2. The second-order valence-corrected chi connectivity index (χ2v) is 9.31. The maximum Gasteiger partial charge on any atom is 0.416 e. The van der Waals surface area contributed by atoms with Gasteiger partial charge in [-0.3, -0.25) is 4.79 Å². The number of nitrogens with one attached hydrogen (secondary N) is 1. The molecule has 1 aliphatic heterocycles. The number of carbonyl (C=O) groups is 2. The largest absolute Gasteiger partial charge is 0.416 e. The number of thioether (sulfide) groups is 1. The molecule has 3 amide bonds. The summed E-state index contributed by atoms with van der Waals surface area (Å²) in [6.07, 6.45) is -4.40. The lowest BCUT2D eigenvalue weighted by molar-refractivity contribution is -0.137. The highest BCUT2D eigenvalue weighted by Gasteiger charge is 2.39. The molecule has 156 valence electrons. The standard InChI is InChI=1S/C19H26F3N3O2S/c1-12-15(26)25(11-10-24(5)17(27)23-18(2,3)4)16(28-12)13-6-8-14(9-7-13)19(20,21)22/h6-9,12,16H,10-11H2,1-5H3,(H,23,27)/t12-,16+/m1/s1. The Morgan fingerprint density at radius 1 is 1.21 bits per heavy atom. The van der Waals surface area contributed by atoms with Crippen LogP contribution in [0, 0.1) is 0 Å². The summed E-state index contributed by atoms with van der Waals surface area (Å²) >= 11 is 1.39. The van der Waals surface area contributed by atoms with Crippen molar-refractivity contribution in [1.82, 2.24) is 15.1 Å². The summed E-state index contributed by atoms with van der Waals surface area (Å²) in [5.41, 5.74) is -0.455. The number of amides is 3. The van der Waals surface area contributed by atoms with Crippen molar-refractivity contribution in [2.45, 2.75) is 50.0 Å². The van der Waals surface area contributed by atoms with Gasteiger partial charge in [0, 0.05) is 25.7 Å². The molecule has 1 fully saturated rings. The highest BCUT2D eigenvalue weighted by Crippen LogP contribution is 2.43. The van der Waals surface area contributed by atoms with E-state index in [1.165, 1.54) is 28.8 Å². The third-order valence-electron chi connectivity index (χ3n) is 4.28. The molecule has 0 aliphatic carbocycles. The number of hydrogen-bond acceptors (Lipinski definition) is 3. The van der Waals surface area contributed by atoms with Gasteiger partial charge >= 0.3 is 12.2 Å². The van der Waals surface area contributed by atoms with Crippen molar-refractivity contribution in [3.8, 4) is 0 Å². The zero-order chi connectivity index (χ0) is 21.3. The molecule has 1 aromatic carbocycles. The van der Waals surface area contributed by atoms with E-state index in [9.17, 15) is 22.8 Å². The van der Waals surface area contributed by atoms with Crippen LogP contribution in [0.25, 0.3) is 0 Å². The van der Waals surface area contributed by atoms with Crippen LogP contribution in [0.1, 0.15) is 44.2 Å². The molecule has 9 heteroatoms. The summed E-state index contributed by atoms with van der Waals surface area (Å²) in [5, 5.41) is 2.19. The minimum atomic E-state index is -4.40. The van der Waals surface area contributed by atoms with E-state index in [4.69, 9.17) is 0 Å². The molecule has 1 heterocycles. The molecule has 2 atom stereocenters. The summed E-state index contributed by atoms with van der Waals surface area (Å²) in [7, 11) is 1.64. The number of hydrogen-bond donors (Lipinski definition) is 1. The van der Waals surface area contributed by atoms with Crippen molar-refractivity contribution in [3.05, 3.63) is 35.4 Å². The maximum absolute atomic E-state index is 12.8. The smallest absolute Gasteiger partial charge is 0.333 e. The molecular formula is C19H26F3N3O2S. The average molecular weight is 417 g/mol. The van der Waals surface area contributed by atoms with Crippen molar-refractivity contribution in [2.75, 3.05) is 20.1 Å². The molecule has 0 bridgehead atoms. The van der Waals surface area contributed by atoms with E-state index in [1.54, 1.807) is 18.9 Å². The zero-order valence-corrected chi connectivity index (χ0v) is 17.4. The minimum absolute atomic E-state index is 0.0838. The van der Waals surface area contributed by atoms with Crippen molar-refractivity contribution in [2.24, 2.45) is 0 Å². The van der Waals surface area contributed by atoms with Crippen molar-refractivity contribution < 1.29 is 22.8 Å². The average Bonchev–Trinajstić information content (AvgIpc) is 2.85. The Kier molecular flexibility index (Phi) is 6.58. The summed E-state index contributed by atoms with van der Waals surface area (Å²) in [5.74, 6) is -0.0838. The summed E-state index contributed by atoms with van der Waals surface area (Å²) in [6.45, 7) is 8.03. The molecule has 5 nitrogen and oxygen atoms in total. The SMILES string of the molecule is C[C@H]1S[C@@H](c2ccc(C(F)(F)F)cc2)N(CCN(C)C(=O)NC(C)(C)C)C1=O. The van der Waals surface area contributed by atoms with E-state index >= 15 is 0 Å². The quantitative estimate of drug-likeness (QED) is 0.802. The number of urea groups is 1. The molecule has 1 aromatic rings. The molecule has 28 heavy (non-hydrogen) atoms. The van der Waals surface area contributed by atoms with Gasteiger partial charge in [-0.25, -0.2) is 4.79 Å². The van der Waals surface area contributed by atoms with Gasteiger partial charge in [0.05, 0.1) is 10.8 Å². The minimum Gasteiger partial charge on any atom is -0.333 e. The number of benzene rings is 1. The lowest BCUT2D eigenvalue weighted by Gasteiger charge is -2.29. The highest BCUT2D eigenvalue weighted by atomic mass is 32.2. The second kappa shape index (κ2) is 8.23. The van der Waals surface area contributed by atoms with Gasteiger partial charge in [0.15, 0.2) is 0 Å². The van der Waals surface area contributed by atoms with Crippen molar-refractivity contribution >= 4 is 23.7 Å². The molecule has 0 spiro atoms. The van der Waals surface area contributed by atoms with Gasteiger partial charge in [-0.05, 0) is 45.4 Å². The van der Waals surface area contributed by atoms with Gasteiger partial charge in [-0.1, -0.05) is 12.1 Å². The Hall–Kier alpha value is -1.90. The lowest BCUT2D eigenvalue weighted by atomic mass is 10.1. The van der Waals surface area contributed by atoms with Gasteiger partial charge in [0.1, 0.15) is 5.37 Å². The monoisotopic (exact) mass is 417 g/mol. The third-order valence-corrected chi connectivity index (χ3v) is 5.67. The molecule has 0 saturated carbocycles. The summed E-state index contributed by atoms with van der Waals surface area (Å²) in [6, 6.07) is 4.64. The molecule has 0 unspecified atom stereocenters. The second-order valence-electron chi connectivity index (χ2n) is 7.88. The molecule has 0 aromatic heterocycles. The third kappa shape index (κ3) is 5.56. The first-order valence-corrected chi connectivity index (χ1v) is 9.90. The molecule has 2 rings (SSSR count). The van der Waals surface area contributed by atoms with Crippen LogP contribution in [0.15, 0.2) is 24.3 Å². The number of carbonyl (C=O) groups excluding carboxylic acids is 2. The Balaban J connectivity index is 2.09. The van der Waals surface area contributed by atoms with Gasteiger partial charge in [-0.2, -0.15) is 13.2 Å². The highest BCUT2D eigenvalue weighted by molar-refractivity contribution is 8.01.